The SMILES string of the molecule is N/C(=N/O)c1ncccc1N1CCN2CCCCC2C1. The van der Waals surface area contributed by atoms with Crippen LogP contribution in [0.25, 0.3) is 0 Å². The molecular formula is C14H21N5O. The van der Waals surface area contributed by atoms with Gasteiger partial charge in [0.1, 0.15) is 5.69 Å². The van der Waals surface area contributed by atoms with E-state index in [1.54, 1.807) is 6.20 Å². The highest BCUT2D eigenvalue weighted by Gasteiger charge is 2.30. The van der Waals surface area contributed by atoms with Gasteiger partial charge in [-0.15, -0.1) is 0 Å². The predicted molar refractivity (Wildman–Crippen MR) is 78.2 cm³/mol. The third-order valence-electron chi connectivity index (χ3n) is 4.31. The lowest BCUT2D eigenvalue weighted by molar-refractivity contribution is 0.133. The maximum absolute atomic E-state index is 8.89. The summed E-state index contributed by atoms with van der Waals surface area (Å²) in [6, 6.07) is 4.52. The molecule has 3 rings (SSSR count). The van der Waals surface area contributed by atoms with E-state index in [0.29, 0.717) is 11.7 Å². The number of aromatic nitrogens is 1. The number of nitrogens with two attached hydrogens (primary N) is 1. The van der Waals surface area contributed by atoms with Gasteiger partial charge >= 0.3 is 0 Å². The molecule has 2 aliphatic rings. The van der Waals surface area contributed by atoms with Gasteiger partial charge in [-0.25, -0.2) is 0 Å². The minimum absolute atomic E-state index is 0.0756. The van der Waals surface area contributed by atoms with Gasteiger partial charge < -0.3 is 15.8 Å². The van der Waals surface area contributed by atoms with Crippen molar-refractivity contribution in [3.8, 4) is 0 Å². The maximum Gasteiger partial charge on any atom is 0.190 e. The summed E-state index contributed by atoms with van der Waals surface area (Å²) in [6.07, 6.45) is 5.57. The fraction of sp³-hybridized carbons (Fsp3) is 0.571. The number of pyridine rings is 1. The Hall–Kier alpha value is -1.82. The molecule has 2 fully saturated rings. The molecule has 6 heteroatoms. The minimum atomic E-state index is 0.0756. The van der Waals surface area contributed by atoms with E-state index >= 15 is 0 Å². The van der Waals surface area contributed by atoms with E-state index in [1.165, 1.54) is 25.8 Å². The molecule has 20 heavy (non-hydrogen) atoms. The van der Waals surface area contributed by atoms with Crippen molar-refractivity contribution in [2.75, 3.05) is 31.1 Å². The topological polar surface area (TPSA) is 78.0 Å². The summed E-state index contributed by atoms with van der Waals surface area (Å²) in [4.78, 5) is 9.15. The third-order valence-corrected chi connectivity index (χ3v) is 4.31. The summed E-state index contributed by atoms with van der Waals surface area (Å²) < 4.78 is 0. The van der Waals surface area contributed by atoms with Crippen LogP contribution in [-0.4, -0.2) is 53.1 Å². The fourth-order valence-electron chi connectivity index (χ4n) is 3.27. The zero-order valence-corrected chi connectivity index (χ0v) is 11.6. The van der Waals surface area contributed by atoms with Crippen LogP contribution in [0.15, 0.2) is 23.5 Å². The van der Waals surface area contributed by atoms with Crippen molar-refractivity contribution < 1.29 is 5.21 Å². The zero-order valence-electron chi connectivity index (χ0n) is 11.6. The van der Waals surface area contributed by atoms with Gasteiger partial charge in [-0.05, 0) is 31.5 Å². The molecule has 1 aromatic rings. The molecule has 2 aliphatic heterocycles. The lowest BCUT2D eigenvalue weighted by atomic mass is 9.99. The molecule has 0 spiro atoms. The number of fused-ring (bicyclic) bond motifs is 1. The Morgan fingerprint density at radius 1 is 1.35 bits per heavy atom. The van der Waals surface area contributed by atoms with Crippen molar-refractivity contribution in [1.29, 1.82) is 0 Å². The van der Waals surface area contributed by atoms with Gasteiger partial charge in [0.05, 0.1) is 5.69 Å². The monoisotopic (exact) mass is 275 g/mol. The van der Waals surface area contributed by atoms with Crippen LogP contribution in [0.5, 0.6) is 0 Å². The number of anilines is 1. The number of hydrogen-bond donors (Lipinski definition) is 2. The van der Waals surface area contributed by atoms with Crippen LogP contribution in [0.1, 0.15) is 25.0 Å². The summed E-state index contributed by atoms with van der Waals surface area (Å²) in [7, 11) is 0. The highest BCUT2D eigenvalue weighted by Crippen LogP contribution is 2.26. The van der Waals surface area contributed by atoms with Crippen LogP contribution in [0.4, 0.5) is 5.69 Å². The highest BCUT2D eigenvalue weighted by molar-refractivity contribution is 6.00. The molecule has 1 unspecified atom stereocenters. The number of amidine groups is 1. The van der Waals surface area contributed by atoms with Crippen LogP contribution in [-0.2, 0) is 0 Å². The number of piperazine rings is 1. The summed E-state index contributed by atoms with van der Waals surface area (Å²) >= 11 is 0. The lowest BCUT2D eigenvalue weighted by Crippen LogP contribution is -2.55. The summed E-state index contributed by atoms with van der Waals surface area (Å²) in [5.74, 6) is 0.0756. The molecule has 3 heterocycles. The molecular weight excluding hydrogens is 254 g/mol. The first-order valence-corrected chi connectivity index (χ1v) is 7.21. The van der Waals surface area contributed by atoms with Crippen molar-refractivity contribution in [1.82, 2.24) is 9.88 Å². The van der Waals surface area contributed by atoms with Gasteiger partial charge in [-0.1, -0.05) is 11.6 Å². The van der Waals surface area contributed by atoms with Crippen LogP contribution in [0.3, 0.4) is 0 Å². The highest BCUT2D eigenvalue weighted by atomic mass is 16.4. The van der Waals surface area contributed by atoms with E-state index in [4.69, 9.17) is 10.9 Å². The summed E-state index contributed by atoms with van der Waals surface area (Å²) in [5.41, 5.74) is 7.27. The standard InChI is InChI=1S/C14H21N5O/c15-14(17-20)13-12(5-3-6-16-13)19-9-8-18-7-2-1-4-11(18)10-19/h3,5-6,11,20H,1-2,4,7-10H2,(H2,15,17). The number of rotatable bonds is 2. The molecule has 108 valence electrons. The largest absolute Gasteiger partial charge is 0.409 e. The number of hydrogen-bond acceptors (Lipinski definition) is 5. The number of oxime groups is 1. The Morgan fingerprint density at radius 2 is 2.25 bits per heavy atom. The fourth-order valence-corrected chi connectivity index (χ4v) is 3.27. The molecule has 1 atom stereocenters. The van der Waals surface area contributed by atoms with Crippen LogP contribution < -0.4 is 10.6 Å². The molecule has 0 saturated carbocycles. The molecule has 0 amide bonds. The van der Waals surface area contributed by atoms with Gasteiger partial charge in [0.15, 0.2) is 5.84 Å². The number of piperidine rings is 1. The first-order valence-electron chi connectivity index (χ1n) is 7.21. The molecule has 2 saturated heterocycles. The molecule has 1 aromatic heterocycles. The Bertz CT molecular complexity index is 504. The van der Waals surface area contributed by atoms with Gasteiger partial charge in [-0.2, -0.15) is 0 Å². The van der Waals surface area contributed by atoms with Gasteiger partial charge in [-0.3, -0.25) is 9.88 Å². The van der Waals surface area contributed by atoms with Crippen molar-refractivity contribution in [3.63, 3.8) is 0 Å². The normalized spacial score (nSPS) is 24.5. The Morgan fingerprint density at radius 3 is 3.10 bits per heavy atom. The molecule has 6 nitrogen and oxygen atoms in total. The lowest BCUT2D eigenvalue weighted by Gasteiger charge is -2.45. The molecule has 3 N–H and O–H groups in total. The molecule has 0 aromatic carbocycles. The first kappa shape index (κ1) is 13.2. The number of nitrogens with zero attached hydrogens (tertiary/aromatic N) is 4. The third kappa shape index (κ3) is 2.43. The van der Waals surface area contributed by atoms with E-state index in [9.17, 15) is 0 Å². The van der Waals surface area contributed by atoms with E-state index in [2.05, 4.69) is 19.9 Å². The van der Waals surface area contributed by atoms with Crippen molar-refractivity contribution in [2.24, 2.45) is 10.9 Å². The van der Waals surface area contributed by atoms with Crippen molar-refractivity contribution >= 4 is 11.5 Å². The van der Waals surface area contributed by atoms with Gasteiger partial charge in [0.25, 0.3) is 0 Å². The quantitative estimate of drug-likeness (QED) is 0.362. The van der Waals surface area contributed by atoms with Gasteiger partial charge in [0, 0.05) is 31.9 Å². The Labute approximate surface area is 118 Å². The van der Waals surface area contributed by atoms with E-state index in [0.717, 1.165) is 25.3 Å². The summed E-state index contributed by atoms with van der Waals surface area (Å²) in [6.45, 7) is 4.26. The second-order valence-corrected chi connectivity index (χ2v) is 5.49. The zero-order chi connectivity index (χ0) is 13.9. The van der Waals surface area contributed by atoms with Crippen LogP contribution >= 0.6 is 0 Å². The van der Waals surface area contributed by atoms with E-state index in [-0.39, 0.29) is 5.84 Å². The smallest absolute Gasteiger partial charge is 0.190 e. The van der Waals surface area contributed by atoms with Crippen LogP contribution in [0.2, 0.25) is 0 Å². The predicted octanol–water partition coefficient (Wildman–Crippen LogP) is 0.851. The maximum atomic E-state index is 8.89. The second kappa shape index (κ2) is 5.66. The average Bonchev–Trinajstić information content (AvgIpc) is 2.53. The molecule has 0 radical (unpaired) electrons. The van der Waals surface area contributed by atoms with Crippen LogP contribution in [0, 0.1) is 0 Å². The van der Waals surface area contributed by atoms with E-state index in [1.807, 2.05) is 12.1 Å². The van der Waals surface area contributed by atoms with Crippen molar-refractivity contribution in [3.05, 3.63) is 24.0 Å². The minimum Gasteiger partial charge on any atom is -0.409 e. The second-order valence-electron chi connectivity index (χ2n) is 5.49. The van der Waals surface area contributed by atoms with Gasteiger partial charge in [0.2, 0.25) is 0 Å². The first-order chi connectivity index (χ1) is 9.79. The Balaban J connectivity index is 1.83. The van der Waals surface area contributed by atoms with Crippen molar-refractivity contribution in [2.45, 2.75) is 25.3 Å². The molecule has 0 aliphatic carbocycles. The molecule has 0 bridgehead atoms. The average molecular weight is 275 g/mol. The van der Waals surface area contributed by atoms with E-state index < -0.39 is 0 Å². The Kier molecular flexibility index (Phi) is 3.73. The summed E-state index contributed by atoms with van der Waals surface area (Å²) in [5, 5.41) is 12.0.